The van der Waals surface area contributed by atoms with Gasteiger partial charge < -0.3 is 15.4 Å². The van der Waals surface area contributed by atoms with Gasteiger partial charge in [-0.05, 0) is 25.0 Å². The van der Waals surface area contributed by atoms with Crippen LogP contribution in [0.2, 0.25) is 0 Å². The maximum absolute atomic E-state index is 5.77. The molecule has 0 radical (unpaired) electrons. The molecule has 1 aliphatic heterocycles. The zero-order valence-corrected chi connectivity index (χ0v) is 9.94. The molecule has 1 aromatic rings. The minimum Gasteiger partial charge on any atom is -0.375 e. The lowest BCUT2D eigenvalue weighted by Crippen LogP contribution is -2.33. The lowest BCUT2D eigenvalue weighted by Gasteiger charge is -2.23. The van der Waals surface area contributed by atoms with Crippen LogP contribution in [-0.4, -0.2) is 31.2 Å². The molecule has 2 N–H and O–H groups in total. The second-order valence-electron chi connectivity index (χ2n) is 4.44. The number of aromatic nitrogens is 1. The predicted molar refractivity (Wildman–Crippen MR) is 64.5 cm³/mol. The Morgan fingerprint density at radius 2 is 2.38 bits per heavy atom. The summed E-state index contributed by atoms with van der Waals surface area (Å²) in [6.45, 7) is 4.25. The molecule has 1 aromatic heterocycles. The molecule has 0 bridgehead atoms. The summed E-state index contributed by atoms with van der Waals surface area (Å²) in [6.07, 6.45) is 0.972. The number of fused-ring (bicyclic) bond motifs is 1. The van der Waals surface area contributed by atoms with Crippen molar-refractivity contribution in [3.8, 4) is 0 Å². The Morgan fingerprint density at radius 1 is 1.56 bits per heavy atom. The molecular weight excluding hydrogens is 202 g/mol. The number of ether oxygens (including phenoxy) is 1. The van der Waals surface area contributed by atoms with Gasteiger partial charge in [-0.3, -0.25) is 0 Å². The fourth-order valence-corrected chi connectivity index (χ4v) is 1.96. The first-order valence-corrected chi connectivity index (χ1v) is 5.70. The number of nitrogens with two attached hydrogens (primary N) is 1. The number of likely N-dealkylation sites (N-methyl/N-ethyl adjacent to an activating group) is 1. The van der Waals surface area contributed by atoms with Crippen LogP contribution in [0.5, 0.6) is 0 Å². The molecule has 0 saturated carbocycles. The summed E-state index contributed by atoms with van der Waals surface area (Å²) < 4.78 is 5.41. The van der Waals surface area contributed by atoms with Gasteiger partial charge in [0.05, 0.1) is 18.9 Å². The summed E-state index contributed by atoms with van der Waals surface area (Å²) in [7, 11) is 2.02. The average molecular weight is 221 g/mol. The maximum atomic E-state index is 5.77. The van der Waals surface area contributed by atoms with Crippen molar-refractivity contribution in [1.29, 1.82) is 0 Å². The third-order valence-electron chi connectivity index (χ3n) is 2.76. The molecule has 0 amide bonds. The lowest BCUT2D eigenvalue weighted by molar-refractivity contribution is 0.107. The highest BCUT2D eigenvalue weighted by molar-refractivity contribution is 5.41. The van der Waals surface area contributed by atoms with Crippen molar-refractivity contribution < 1.29 is 4.74 Å². The van der Waals surface area contributed by atoms with Crippen LogP contribution in [0.15, 0.2) is 12.1 Å². The van der Waals surface area contributed by atoms with Crippen LogP contribution in [-0.2, 0) is 17.8 Å². The predicted octanol–water partition coefficient (Wildman–Crippen LogP) is 0.938. The van der Waals surface area contributed by atoms with E-state index in [4.69, 9.17) is 10.5 Å². The SMILES string of the molecule is CC(N)CN(C)c1ccc2c(n1)COCC2. The van der Waals surface area contributed by atoms with E-state index in [0.717, 1.165) is 31.1 Å². The van der Waals surface area contributed by atoms with Crippen molar-refractivity contribution in [1.82, 2.24) is 4.98 Å². The van der Waals surface area contributed by atoms with E-state index in [1.807, 2.05) is 14.0 Å². The molecule has 88 valence electrons. The van der Waals surface area contributed by atoms with Crippen LogP contribution in [0.4, 0.5) is 5.82 Å². The second kappa shape index (κ2) is 4.80. The highest BCUT2D eigenvalue weighted by Gasteiger charge is 2.13. The molecule has 2 rings (SSSR count). The highest BCUT2D eigenvalue weighted by Crippen LogP contribution is 2.18. The van der Waals surface area contributed by atoms with Crippen molar-refractivity contribution in [2.45, 2.75) is 26.0 Å². The highest BCUT2D eigenvalue weighted by atomic mass is 16.5. The van der Waals surface area contributed by atoms with Crippen molar-refractivity contribution in [2.24, 2.45) is 5.73 Å². The molecule has 4 nitrogen and oxygen atoms in total. The Hall–Kier alpha value is -1.13. The number of rotatable bonds is 3. The summed E-state index contributed by atoms with van der Waals surface area (Å²) in [5.74, 6) is 0.974. The fraction of sp³-hybridized carbons (Fsp3) is 0.583. The number of hydrogen-bond donors (Lipinski definition) is 1. The first-order valence-electron chi connectivity index (χ1n) is 5.70. The normalized spacial score (nSPS) is 16.7. The van der Waals surface area contributed by atoms with E-state index < -0.39 is 0 Å². The van der Waals surface area contributed by atoms with E-state index in [2.05, 4.69) is 22.0 Å². The average Bonchev–Trinajstić information content (AvgIpc) is 2.27. The summed E-state index contributed by atoms with van der Waals surface area (Å²) in [5, 5.41) is 0. The number of hydrogen-bond acceptors (Lipinski definition) is 4. The molecule has 1 unspecified atom stereocenters. The lowest BCUT2D eigenvalue weighted by atomic mass is 10.1. The molecule has 0 spiro atoms. The van der Waals surface area contributed by atoms with Crippen molar-refractivity contribution in [3.05, 3.63) is 23.4 Å². The van der Waals surface area contributed by atoms with Crippen LogP contribution < -0.4 is 10.6 Å². The van der Waals surface area contributed by atoms with Crippen LogP contribution in [0, 0.1) is 0 Å². The molecule has 0 aliphatic carbocycles. The van der Waals surface area contributed by atoms with Gasteiger partial charge in [0.2, 0.25) is 0 Å². The van der Waals surface area contributed by atoms with Crippen LogP contribution in [0.25, 0.3) is 0 Å². The molecule has 1 atom stereocenters. The van der Waals surface area contributed by atoms with E-state index in [0.29, 0.717) is 6.61 Å². The summed E-state index contributed by atoms with van der Waals surface area (Å²) in [6, 6.07) is 4.36. The number of anilines is 1. The first kappa shape index (κ1) is 11.4. The third kappa shape index (κ3) is 2.51. The molecule has 1 aliphatic rings. The van der Waals surface area contributed by atoms with Gasteiger partial charge in [0, 0.05) is 19.6 Å². The van der Waals surface area contributed by atoms with Gasteiger partial charge in [0.15, 0.2) is 0 Å². The zero-order chi connectivity index (χ0) is 11.5. The minimum atomic E-state index is 0.152. The third-order valence-corrected chi connectivity index (χ3v) is 2.76. The summed E-state index contributed by atoms with van der Waals surface area (Å²) >= 11 is 0. The topological polar surface area (TPSA) is 51.4 Å². The molecule has 0 fully saturated rings. The van der Waals surface area contributed by atoms with E-state index in [9.17, 15) is 0 Å². The Kier molecular flexibility index (Phi) is 3.41. The van der Waals surface area contributed by atoms with Gasteiger partial charge in [-0.25, -0.2) is 4.98 Å². The van der Waals surface area contributed by atoms with Crippen molar-refractivity contribution in [2.75, 3.05) is 25.1 Å². The van der Waals surface area contributed by atoms with Crippen molar-refractivity contribution >= 4 is 5.82 Å². The van der Waals surface area contributed by atoms with Crippen LogP contribution >= 0.6 is 0 Å². The first-order chi connectivity index (χ1) is 7.66. The van der Waals surface area contributed by atoms with Gasteiger partial charge >= 0.3 is 0 Å². The quantitative estimate of drug-likeness (QED) is 0.825. The Bertz CT molecular complexity index is 365. The van der Waals surface area contributed by atoms with Gasteiger partial charge in [-0.2, -0.15) is 0 Å². The van der Waals surface area contributed by atoms with Gasteiger partial charge in [-0.1, -0.05) is 6.07 Å². The smallest absolute Gasteiger partial charge is 0.128 e. The van der Waals surface area contributed by atoms with E-state index in [-0.39, 0.29) is 6.04 Å². The molecule has 2 heterocycles. The minimum absolute atomic E-state index is 0.152. The second-order valence-corrected chi connectivity index (χ2v) is 4.44. The summed E-state index contributed by atoms with van der Waals surface area (Å²) in [4.78, 5) is 6.69. The Morgan fingerprint density at radius 3 is 3.12 bits per heavy atom. The fourth-order valence-electron chi connectivity index (χ4n) is 1.96. The Labute approximate surface area is 96.4 Å². The number of nitrogens with zero attached hydrogens (tertiary/aromatic N) is 2. The zero-order valence-electron chi connectivity index (χ0n) is 9.94. The molecule has 0 aromatic carbocycles. The van der Waals surface area contributed by atoms with Crippen molar-refractivity contribution in [3.63, 3.8) is 0 Å². The molecule has 16 heavy (non-hydrogen) atoms. The largest absolute Gasteiger partial charge is 0.375 e. The molecule has 0 saturated heterocycles. The summed E-state index contributed by atoms with van der Waals surface area (Å²) in [5.41, 5.74) is 8.15. The monoisotopic (exact) mass is 221 g/mol. The Balaban J connectivity index is 2.16. The molecule has 4 heteroatoms. The van der Waals surface area contributed by atoms with E-state index in [1.165, 1.54) is 5.56 Å². The van der Waals surface area contributed by atoms with Crippen LogP contribution in [0.1, 0.15) is 18.2 Å². The molecular formula is C12H19N3O. The van der Waals surface area contributed by atoms with E-state index >= 15 is 0 Å². The van der Waals surface area contributed by atoms with Gasteiger partial charge in [0.25, 0.3) is 0 Å². The van der Waals surface area contributed by atoms with Gasteiger partial charge in [0.1, 0.15) is 5.82 Å². The number of pyridine rings is 1. The van der Waals surface area contributed by atoms with E-state index in [1.54, 1.807) is 0 Å². The standard InChI is InChI=1S/C12H19N3O/c1-9(13)7-15(2)12-4-3-10-5-6-16-8-11(10)14-12/h3-4,9H,5-8,13H2,1-2H3. The maximum Gasteiger partial charge on any atom is 0.128 e. The van der Waals surface area contributed by atoms with Gasteiger partial charge in [-0.15, -0.1) is 0 Å². The van der Waals surface area contributed by atoms with Crippen LogP contribution in [0.3, 0.4) is 0 Å².